The molecule has 0 fully saturated rings. The summed E-state index contributed by atoms with van der Waals surface area (Å²) in [6, 6.07) is 6.02. The maximum absolute atomic E-state index is 12.4. The van der Waals surface area contributed by atoms with Crippen LogP contribution in [0.2, 0.25) is 0 Å². The lowest BCUT2D eigenvalue weighted by atomic mass is 9.86. The van der Waals surface area contributed by atoms with Crippen molar-refractivity contribution in [3.05, 3.63) is 23.8 Å². The molecular weight excluding hydrogens is 252 g/mol. The highest BCUT2D eigenvalue weighted by atomic mass is 16.5. The van der Waals surface area contributed by atoms with Crippen LogP contribution in [0.1, 0.15) is 40.2 Å². The van der Waals surface area contributed by atoms with Gasteiger partial charge in [-0.1, -0.05) is 26.8 Å². The van der Waals surface area contributed by atoms with E-state index in [-0.39, 0.29) is 17.4 Å². The molecule has 0 aliphatic carbocycles. The van der Waals surface area contributed by atoms with E-state index in [2.05, 4.69) is 26.8 Å². The fourth-order valence-electron chi connectivity index (χ4n) is 2.39. The maximum atomic E-state index is 12.4. The first-order valence-corrected chi connectivity index (χ1v) is 7.10. The second-order valence-corrected chi connectivity index (χ2v) is 6.49. The number of nitrogens with zero attached hydrogens (tertiary/aromatic N) is 1. The Hall–Kier alpha value is -1.55. The van der Waals surface area contributed by atoms with Crippen LogP contribution in [-0.4, -0.2) is 24.6 Å². The number of ether oxygens (including phenoxy) is 1. The van der Waals surface area contributed by atoms with Gasteiger partial charge in [0.1, 0.15) is 5.75 Å². The molecule has 0 aromatic heterocycles. The number of benzene rings is 1. The van der Waals surface area contributed by atoms with Gasteiger partial charge in [-0.25, -0.2) is 0 Å². The third-order valence-corrected chi connectivity index (χ3v) is 3.76. The lowest BCUT2D eigenvalue weighted by Crippen LogP contribution is -2.51. The molecule has 1 heterocycles. The first-order chi connectivity index (χ1) is 9.25. The van der Waals surface area contributed by atoms with E-state index in [4.69, 9.17) is 10.5 Å². The fourth-order valence-corrected chi connectivity index (χ4v) is 2.39. The first-order valence-electron chi connectivity index (χ1n) is 7.10. The molecule has 4 heteroatoms. The zero-order valence-electron chi connectivity index (χ0n) is 12.9. The summed E-state index contributed by atoms with van der Waals surface area (Å²) in [4.78, 5) is 14.2. The predicted molar refractivity (Wildman–Crippen MR) is 81.2 cm³/mol. The summed E-state index contributed by atoms with van der Waals surface area (Å²) in [5.74, 6) is 0.729. The molecule has 0 saturated heterocycles. The van der Waals surface area contributed by atoms with Crippen LogP contribution in [0.3, 0.4) is 0 Å². The summed E-state index contributed by atoms with van der Waals surface area (Å²) >= 11 is 0. The van der Waals surface area contributed by atoms with E-state index in [0.29, 0.717) is 6.54 Å². The molecule has 1 aromatic carbocycles. The van der Waals surface area contributed by atoms with Crippen molar-refractivity contribution < 1.29 is 9.53 Å². The van der Waals surface area contributed by atoms with Crippen LogP contribution in [-0.2, 0) is 10.2 Å². The number of amides is 1. The van der Waals surface area contributed by atoms with Crippen molar-refractivity contribution in [2.45, 2.75) is 52.2 Å². The number of rotatable bonds is 2. The van der Waals surface area contributed by atoms with Gasteiger partial charge in [0, 0.05) is 12.6 Å². The van der Waals surface area contributed by atoms with Crippen molar-refractivity contribution in [2.75, 3.05) is 11.4 Å². The SMILES string of the molecule is CC1Oc2ccc(C(C)(C)C)cc2N(C(C)CN)C1=O. The number of carbonyl (C=O) groups is 1. The number of anilines is 1. The summed E-state index contributed by atoms with van der Waals surface area (Å²) in [6.45, 7) is 10.6. The van der Waals surface area contributed by atoms with E-state index >= 15 is 0 Å². The molecule has 2 N–H and O–H groups in total. The van der Waals surface area contributed by atoms with Crippen molar-refractivity contribution in [2.24, 2.45) is 5.73 Å². The molecule has 2 rings (SSSR count). The summed E-state index contributed by atoms with van der Waals surface area (Å²) in [5.41, 5.74) is 7.79. The zero-order chi connectivity index (χ0) is 15.1. The molecule has 0 radical (unpaired) electrons. The van der Waals surface area contributed by atoms with Crippen LogP contribution in [0.15, 0.2) is 18.2 Å². The molecule has 2 unspecified atom stereocenters. The predicted octanol–water partition coefficient (Wildman–Crippen LogP) is 2.45. The maximum Gasteiger partial charge on any atom is 0.268 e. The molecule has 110 valence electrons. The Morgan fingerprint density at radius 3 is 2.60 bits per heavy atom. The number of hydrogen-bond donors (Lipinski definition) is 1. The molecule has 1 aliphatic rings. The molecule has 1 amide bonds. The van der Waals surface area contributed by atoms with Gasteiger partial charge in [-0.2, -0.15) is 0 Å². The van der Waals surface area contributed by atoms with E-state index < -0.39 is 6.10 Å². The van der Waals surface area contributed by atoms with E-state index in [0.717, 1.165) is 11.4 Å². The Morgan fingerprint density at radius 1 is 1.40 bits per heavy atom. The second-order valence-electron chi connectivity index (χ2n) is 6.49. The minimum atomic E-state index is -0.461. The summed E-state index contributed by atoms with van der Waals surface area (Å²) < 4.78 is 5.70. The Bertz CT molecular complexity index is 520. The Kier molecular flexibility index (Phi) is 3.78. The van der Waals surface area contributed by atoms with Crippen LogP contribution < -0.4 is 15.4 Å². The topological polar surface area (TPSA) is 55.6 Å². The van der Waals surface area contributed by atoms with Crippen LogP contribution in [0, 0.1) is 0 Å². The fraction of sp³-hybridized carbons (Fsp3) is 0.562. The van der Waals surface area contributed by atoms with Crippen molar-refractivity contribution in [3.63, 3.8) is 0 Å². The number of nitrogens with two attached hydrogens (primary N) is 1. The summed E-state index contributed by atoms with van der Waals surface area (Å²) in [7, 11) is 0. The Labute approximate surface area is 120 Å². The number of carbonyl (C=O) groups excluding carboxylic acids is 1. The average Bonchev–Trinajstić information content (AvgIpc) is 2.38. The van der Waals surface area contributed by atoms with Gasteiger partial charge in [0.05, 0.1) is 5.69 Å². The molecule has 4 nitrogen and oxygen atoms in total. The van der Waals surface area contributed by atoms with Crippen LogP contribution >= 0.6 is 0 Å². The van der Waals surface area contributed by atoms with Crippen LogP contribution in [0.4, 0.5) is 5.69 Å². The highest BCUT2D eigenvalue weighted by Crippen LogP contribution is 2.38. The molecule has 1 aliphatic heterocycles. The second kappa shape index (κ2) is 5.09. The molecule has 2 atom stereocenters. The monoisotopic (exact) mass is 276 g/mol. The van der Waals surface area contributed by atoms with E-state index in [1.807, 2.05) is 19.1 Å². The van der Waals surface area contributed by atoms with Crippen LogP contribution in [0.5, 0.6) is 5.75 Å². The van der Waals surface area contributed by atoms with Crippen molar-refractivity contribution in [1.82, 2.24) is 0 Å². The molecular formula is C16H24N2O2. The zero-order valence-corrected chi connectivity index (χ0v) is 12.9. The first kappa shape index (κ1) is 14.9. The molecule has 20 heavy (non-hydrogen) atoms. The molecule has 0 spiro atoms. The minimum Gasteiger partial charge on any atom is -0.479 e. The third kappa shape index (κ3) is 2.52. The third-order valence-electron chi connectivity index (χ3n) is 3.76. The lowest BCUT2D eigenvalue weighted by molar-refractivity contribution is -0.126. The largest absolute Gasteiger partial charge is 0.479 e. The Morgan fingerprint density at radius 2 is 2.05 bits per heavy atom. The van der Waals surface area contributed by atoms with Gasteiger partial charge < -0.3 is 15.4 Å². The van der Waals surface area contributed by atoms with E-state index in [1.165, 1.54) is 5.56 Å². The summed E-state index contributed by atoms with van der Waals surface area (Å²) in [5, 5.41) is 0. The van der Waals surface area contributed by atoms with Gasteiger partial charge in [0.15, 0.2) is 6.10 Å². The molecule has 0 saturated carbocycles. The van der Waals surface area contributed by atoms with E-state index in [9.17, 15) is 4.79 Å². The van der Waals surface area contributed by atoms with Crippen molar-refractivity contribution >= 4 is 11.6 Å². The van der Waals surface area contributed by atoms with Gasteiger partial charge >= 0.3 is 0 Å². The van der Waals surface area contributed by atoms with Crippen molar-refractivity contribution in [3.8, 4) is 5.75 Å². The summed E-state index contributed by atoms with van der Waals surface area (Å²) in [6.07, 6.45) is -0.461. The standard InChI is InChI=1S/C16H24N2O2/c1-10(9-17)18-13-8-12(16(3,4)5)6-7-14(13)20-11(2)15(18)19/h6-8,10-11H,9,17H2,1-5H3. The van der Waals surface area contributed by atoms with Gasteiger partial charge in [-0.15, -0.1) is 0 Å². The highest BCUT2D eigenvalue weighted by Gasteiger charge is 2.34. The van der Waals surface area contributed by atoms with Gasteiger partial charge in [-0.05, 0) is 37.0 Å². The van der Waals surface area contributed by atoms with Gasteiger partial charge in [0.2, 0.25) is 0 Å². The number of hydrogen-bond acceptors (Lipinski definition) is 3. The quantitative estimate of drug-likeness (QED) is 0.902. The van der Waals surface area contributed by atoms with E-state index in [1.54, 1.807) is 11.8 Å². The average molecular weight is 276 g/mol. The smallest absolute Gasteiger partial charge is 0.268 e. The van der Waals surface area contributed by atoms with Crippen molar-refractivity contribution in [1.29, 1.82) is 0 Å². The molecule has 0 bridgehead atoms. The minimum absolute atomic E-state index is 0.0264. The Balaban J connectivity index is 2.54. The van der Waals surface area contributed by atoms with Crippen LogP contribution in [0.25, 0.3) is 0 Å². The lowest BCUT2D eigenvalue weighted by Gasteiger charge is -2.37. The van der Waals surface area contributed by atoms with Gasteiger partial charge in [-0.3, -0.25) is 4.79 Å². The normalized spacial score (nSPS) is 20.4. The molecule has 1 aromatic rings. The van der Waals surface area contributed by atoms with Gasteiger partial charge in [0.25, 0.3) is 5.91 Å². The number of fused-ring (bicyclic) bond motifs is 1. The highest BCUT2D eigenvalue weighted by molar-refractivity contribution is 6.00.